The number of nitrogens with zero attached hydrogens (tertiary/aromatic N) is 7. The van der Waals surface area contributed by atoms with E-state index < -0.39 is 5.41 Å². The van der Waals surface area contributed by atoms with Gasteiger partial charge in [-0.15, -0.1) is 10.2 Å². The zero-order valence-electron chi connectivity index (χ0n) is 20.2. The molecule has 2 aliphatic carbocycles. The number of rotatable bonds is 7. The van der Waals surface area contributed by atoms with Crippen LogP contribution in [0, 0.1) is 11.3 Å². The number of nitrogens with one attached hydrogen (secondary N) is 1. The van der Waals surface area contributed by atoms with Crippen LogP contribution in [-0.2, 0) is 5.41 Å². The summed E-state index contributed by atoms with van der Waals surface area (Å²) in [6.07, 6.45) is 6.18. The zero-order valence-corrected chi connectivity index (χ0v) is 22.6. The van der Waals surface area contributed by atoms with Gasteiger partial charge in [0.25, 0.3) is 0 Å². The summed E-state index contributed by atoms with van der Waals surface area (Å²) in [5, 5.41) is 20.3. The number of nitriles is 1. The number of anilines is 1. The molecule has 0 spiro atoms. The van der Waals surface area contributed by atoms with Crippen molar-refractivity contribution in [2.24, 2.45) is 0 Å². The minimum absolute atomic E-state index is 0.210. The lowest BCUT2D eigenvalue weighted by molar-refractivity contribution is 0.209. The number of halogens is 1. The van der Waals surface area contributed by atoms with E-state index in [4.69, 9.17) is 16.6 Å². The maximum Gasteiger partial charge on any atom is 0.184 e. The lowest BCUT2D eigenvalue weighted by atomic mass is 10.1. The van der Waals surface area contributed by atoms with Crippen molar-refractivity contribution in [1.29, 1.82) is 5.26 Å². The number of imidazole rings is 1. The third-order valence-electron chi connectivity index (χ3n) is 7.44. The first-order valence-corrected chi connectivity index (χ1v) is 14.2. The molecule has 0 amide bonds. The number of fused-ring (bicyclic) bond motifs is 1. The van der Waals surface area contributed by atoms with Crippen LogP contribution in [0.4, 0.5) is 5.69 Å². The van der Waals surface area contributed by atoms with Gasteiger partial charge in [0.2, 0.25) is 0 Å². The van der Waals surface area contributed by atoms with Gasteiger partial charge < -0.3 is 4.90 Å². The second-order valence-corrected chi connectivity index (χ2v) is 12.7. The molecule has 1 aliphatic heterocycles. The molecular weight excluding hydrogens is 500 g/mol. The molecule has 0 aromatic carbocycles. The Labute approximate surface area is 218 Å². The van der Waals surface area contributed by atoms with Crippen LogP contribution in [0.1, 0.15) is 51.5 Å². The van der Waals surface area contributed by atoms with Crippen molar-refractivity contribution in [3.05, 3.63) is 22.4 Å². The van der Waals surface area contributed by atoms with E-state index in [1.165, 1.54) is 24.2 Å². The average molecular weight is 529 g/mol. The molecular formula is C24H29ClN8S2. The first-order chi connectivity index (χ1) is 16.8. The molecule has 6 rings (SSSR count). The lowest BCUT2D eigenvalue weighted by Gasteiger charge is -2.38. The Morgan fingerprint density at radius 3 is 2.54 bits per heavy atom. The van der Waals surface area contributed by atoms with Crippen molar-refractivity contribution in [1.82, 2.24) is 29.2 Å². The lowest BCUT2D eigenvalue weighted by Crippen LogP contribution is -2.49. The predicted octanol–water partition coefficient (Wildman–Crippen LogP) is 4.74. The molecule has 0 radical (unpaired) electrons. The van der Waals surface area contributed by atoms with Gasteiger partial charge in [0, 0.05) is 48.9 Å². The smallest absolute Gasteiger partial charge is 0.184 e. The highest BCUT2D eigenvalue weighted by atomic mass is 35.5. The quantitative estimate of drug-likeness (QED) is 0.440. The fourth-order valence-electron chi connectivity index (χ4n) is 4.53. The van der Waals surface area contributed by atoms with E-state index in [2.05, 4.69) is 68.2 Å². The SMILES string of the molecule is CC(C)N1CCN(c2cc(SNC3(C)CC3)cn3c(-c4nnc(C5(C#N)CC5)s4)nc(Cl)c23)CC1. The van der Waals surface area contributed by atoms with E-state index in [-0.39, 0.29) is 5.54 Å². The van der Waals surface area contributed by atoms with E-state index >= 15 is 0 Å². The molecule has 35 heavy (non-hydrogen) atoms. The number of pyridine rings is 1. The first kappa shape index (κ1) is 23.5. The largest absolute Gasteiger partial charge is 0.367 e. The van der Waals surface area contributed by atoms with Crippen molar-refractivity contribution in [2.45, 2.75) is 68.3 Å². The molecule has 11 heteroatoms. The molecule has 8 nitrogen and oxygen atoms in total. The van der Waals surface area contributed by atoms with Crippen LogP contribution in [0.5, 0.6) is 0 Å². The van der Waals surface area contributed by atoms with E-state index in [9.17, 15) is 5.26 Å². The molecule has 1 N–H and O–H groups in total. The normalized spacial score (nSPS) is 21.0. The first-order valence-electron chi connectivity index (χ1n) is 12.2. The Morgan fingerprint density at radius 2 is 1.91 bits per heavy atom. The molecule has 4 heterocycles. The van der Waals surface area contributed by atoms with Crippen molar-refractivity contribution in [2.75, 3.05) is 31.1 Å². The summed E-state index contributed by atoms with van der Waals surface area (Å²) in [5.74, 6) is 0.685. The van der Waals surface area contributed by atoms with Crippen molar-refractivity contribution < 1.29 is 0 Å². The summed E-state index contributed by atoms with van der Waals surface area (Å²) in [4.78, 5) is 10.8. The van der Waals surface area contributed by atoms with Gasteiger partial charge in [-0.25, -0.2) is 4.98 Å². The summed E-state index contributed by atoms with van der Waals surface area (Å²) in [6.45, 7) is 10.7. The minimum Gasteiger partial charge on any atom is -0.367 e. The Bertz CT molecular complexity index is 1310. The number of piperazine rings is 1. The fraction of sp³-hybridized carbons (Fsp3) is 0.583. The highest BCUT2D eigenvalue weighted by Crippen LogP contribution is 2.49. The Hall–Kier alpha value is -1.90. The van der Waals surface area contributed by atoms with Crippen LogP contribution in [0.2, 0.25) is 5.15 Å². The molecule has 184 valence electrons. The van der Waals surface area contributed by atoms with E-state index in [0.717, 1.165) is 60.1 Å². The molecule has 3 aromatic heterocycles. The molecule has 2 saturated carbocycles. The van der Waals surface area contributed by atoms with Crippen LogP contribution in [-0.4, -0.2) is 62.2 Å². The van der Waals surface area contributed by atoms with Gasteiger partial charge >= 0.3 is 0 Å². The second-order valence-electron chi connectivity index (χ2n) is 10.5. The molecule has 0 atom stereocenters. The minimum atomic E-state index is -0.460. The number of aromatic nitrogens is 4. The van der Waals surface area contributed by atoms with E-state index in [1.54, 1.807) is 11.9 Å². The summed E-state index contributed by atoms with van der Waals surface area (Å²) in [5.41, 5.74) is 1.76. The van der Waals surface area contributed by atoms with Gasteiger partial charge in [0.15, 0.2) is 16.0 Å². The average Bonchev–Trinajstić information content (AvgIpc) is 3.73. The summed E-state index contributed by atoms with van der Waals surface area (Å²) >= 11 is 9.92. The summed E-state index contributed by atoms with van der Waals surface area (Å²) in [6, 6.07) is 5.20. The molecule has 1 saturated heterocycles. The van der Waals surface area contributed by atoms with Crippen LogP contribution < -0.4 is 9.62 Å². The van der Waals surface area contributed by atoms with Crippen molar-refractivity contribution in [3.63, 3.8) is 0 Å². The number of hydrogen-bond donors (Lipinski definition) is 1. The summed E-state index contributed by atoms with van der Waals surface area (Å²) in [7, 11) is 0. The van der Waals surface area contributed by atoms with Crippen LogP contribution in [0.25, 0.3) is 16.3 Å². The summed E-state index contributed by atoms with van der Waals surface area (Å²) < 4.78 is 5.71. The van der Waals surface area contributed by atoms with E-state index in [0.29, 0.717) is 22.0 Å². The monoisotopic (exact) mass is 528 g/mol. The van der Waals surface area contributed by atoms with Crippen molar-refractivity contribution in [3.8, 4) is 16.9 Å². The third kappa shape index (κ3) is 4.31. The van der Waals surface area contributed by atoms with Crippen LogP contribution in [0.15, 0.2) is 17.2 Å². The standard InChI is InChI=1S/C24H29ClN8S2/c1-15(2)31-8-10-32(11-9-31)17-12-16(35-30-23(3)4-5-23)13-33-18(17)19(25)27-20(33)21-28-29-22(34-21)24(14-26)6-7-24/h12-13,15,30H,4-11H2,1-3H3. The van der Waals surface area contributed by atoms with Crippen LogP contribution in [0.3, 0.4) is 0 Å². The highest BCUT2D eigenvalue weighted by Gasteiger charge is 2.48. The fourth-order valence-corrected chi connectivity index (χ4v) is 6.72. The Morgan fingerprint density at radius 1 is 1.17 bits per heavy atom. The number of hydrogen-bond acceptors (Lipinski definition) is 9. The topological polar surface area (TPSA) is 85.4 Å². The Balaban J connectivity index is 1.41. The molecule has 0 bridgehead atoms. The predicted molar refractivity (Wildman–Crippen MR) is 141 cm³/mol. The molecule has 0 unspecified atom stereocenters. The second kappa shape index (κ2) is 8.60. The molecule has 3 fully saturated rings. The maximum atomic E-state index is 9.59. The zero-order chi connectivity index (χ0) is 24.4. The molecule has 3 aliphatic rings. The maximum absolute atomic E-state index is 9.59. The third-order valence-corrected chi connectivity index (χ3v) is 9.88. The molecule has 3 aromatic rings. The van der Waals surface area contributed by atoms with Crippen LogP contribution >= 0.6 is 34.9 Å². The van der Waals surface area contributed by atoms with Gasteiger partial charge in [-0.2, -0.15) is 5.26 Å². The van der Waals surface area contributed by atoms with Crippen molar-refractivity contribution >= 4 is 46.1 Å². The van der Waals surface area contributed by atoms with E-state index in [1.807, 2.05) is 0 Å². The van der Waals surface area contributed by atoms with Gasteiger partial charge in [-0.05, 0) is 64.5 Å². The van der Waals surface area contributed by atoms with Gasteiger partial charge in [-0.3, -0.25) is 14.0 Å². The van der Waals surface area contributed by atoms with Gasteiger partial charge in [0.05, 0.1) is 11.8 Å². The van der Waals surface area contributed by atoms with Gasteiger partial charge in [-0.1, -0.05) is 22.9 Å². The van der Waals surface area contributed by atoms with Gasteiger partial charge in [0.1, 0.15) is 15.9 Å². The highest BCUT2D eigenvalue weighted by molar-refractivity contribution is 7.97. The Kier molecular flexibility index (Phi) is 5.77.